The number of nitrogens with zero attached hydrogens (tertiary/aromatic N) is 1. The predicted octanol–water partition coefficient (Wildman–Crippen LogP) is 9.67. The number of aliphatic hydroxyl groups is 1. The summed E-state index contributed by atoms with van der Waals surface area (Å²) < 4.78 is 0. The van der Waals surface area contributed by atoms with Gasteiger partial charge in [-0.05, 0) is 55.3 Å². The van der Waals surface area contributed by atoms with Gasteiger partial charge in [-0.2, -0.15) is 0 Å². The molecule has 1 radical (unpaired) electrons. The number of carbonyl (C=O) groups excluding carboxylic acids is 1. The van der Waals surface area contributed by atoms with Crippen molar-refractivity contribution in [3.05, 3.63) is 89.2 Å². The zero-order valence-corrected chi connectivity index (χ0v) is 27.3. The van der Waals surface area contributed by atoms with Crippen LogP contribution in [0.5, 0.6) is 0 Å². The number of carbonyl (C=O) groups is 1. The third kappa shape index (κ3) is 6.09. The van der Waals surface area contributed by atoms with Crippen molar-refractivity contribution >= 4 is 27.5 Å². The third-order valence-corrected chi connectivity index (χ3v) is 8.48. The summed E-state index contributed by atoms with van der Waals surface area (Å²) in [6.45, 7) is 14.8. The number of rotatable bonds is 7. The summed E-state index contributed by atoms with van der Waals surface area (Å²) >= 11 is 0. The maximum Gasteiger partial charge on any atom is 0.162 e. The summed E-state index contributed by atoms with van der Waals surface area (Å²) in [6.07, 6.45) is 4.91. The van der Waals surface area contributed by atoms with Gasteiger partial charge in [-0.3, -0.25) is 9.78 Å². The first kappa shape index (κ1) is 31.7. The van der Waals surface area contributed by atoms with Crippen molar-refractivity contribution in [3.63, 3.8) is 0 Å². The second-order valence-electron chi connectivity index (χ2n) is 11.3. The first-order valence-electron chi connectivity index (χ1n) is 14.5. The Kier molecular flexibility index (Phi) is 10.5. The topological polar surface area (TPSA) is 50.2 Å². The van der Waals surface area contributed by atoms with Crippen molar-refractivity contribution in [2.75, 3.05) is 0 Å². The molecule has 3 aromatic carbocycles. The summed E-state index contributed by atoms with van der Waals surface area (Å²) in [7, 11) is 0. The maximum atomic E-state index is 11.7. The average molecular weight is 713 g/mol. The Bertz CT molecular complexity index is 1520. The van der Waals surface area contributed by atoms with Gasteiger partial charge >= 0.3 is 0 Å². The van der Waals surface area contributed by atoms with Crippen molar-refractivity contribution in [2.45, 2.75) is 79.6 Å². The van der Waals surface area contributed by atoms with E-state index in [1.54, 1.807) is 0 Å². The molecule has 0 saturated carbocycles. The molecule has 1 aromatic heterocycles. The molecule has 213 valence electrons. The van der Waals surface area contributed by atoms with Crippen LogP contribution in [0.3, 0.4) is 0 Å². The van der Waals surface area contributed by atoms with Crippen LogP contribution in [0.25, 0.3) is 32.9 Å². The van der Waals surface area contributed by atoms with Crippen molar-refractivity contribution in [1.82, 2.24) is 4.98 Å². The van der Waals surface area contributed by atoms with Gasteiger partial charge in [-0.15, -0.1) is 29.1 Å². The zero-order valence-electron chi connectivity index (χ0n) is 24.9. The molecule has 0 saturated heterocycles. The van der Waals surface area contributed by atoms with Crippen molar-refractivity contribution < 1.29 is 30.0 Å². The fraction of sp³-hybridized carbons (Fsp3) is 0.389. The molecule has 5 rings (SSSR count). The van der Waals surface area contributed by atoms with E-state index in [4.69, 9.17) is 4.98 Å². The molecule has 1 heterocycles. The van der Waals surface area contributed by atoms with Crippen LogP contribution in [0.4, 0.5) is 0 Å². The van der Waals surface area contributed by atoms with Crippen LogP contribution in [0, 0.1) is 24.8 Å². The van der Waals surface area contributed by atoms with E-state index in [0.29, 0.717) is 0 Å². The number of benzene rings is 3. The zero-order chi connectivity index (χ0) is 28.3. The Morgan fingerprint density at radius 1 is 0.925 bits per heavy atom. The standard InChI is InChI=1S/C23H18N.C13H24O2.Ir/c1-14-10-11-16-13-19-22(24-20(16)12-14)17-8-4-6-15-7-5-9-18(21(15)17)23(19,2)3;1-5-10(6-2)12(14)9-13(15)11(7-3)8-4;/h4-7,9-13H,1-3H3;9-11,14H,5-8H2,1-4H3;/q-1;;/b;12-9-;. The summed E-state index contributed by atoms with van der Waals surface area (Å²) in [4.78, 5) is 16.8. The SMILES string of the molecule is CCC(CC)C(=O)/C=C(\O)C(CC)CC.Cc1ccc2cc3c(nc2c1)-c1[c-]ccc2cccc(c12)C3(C)C.[Ir]. The fourth-order valence-corrected chi connectivity index (χ4v) is 5.85. The molecule has 3 nitrogen and oxygen atoms in total. The van der Waals surface area contributed by atoms with Gasteiger partial charge in [-0.1, -0.05) is 94.5 Å². The van der Waals surface area contributed by atoms with Gasteiger partial charge in [0.25, 0.3) is 0 Å². The van der Waals surface area contributed by atoms with Gasteiger partial charge in [0, 0.05) is 43.4 Å². The summed E-state index contributed by atoms with van der Waals surface area (Å²) in [6, 6.07) is 23.1. The second kappa shape index (κ2) is 13.2. The third-order valence-electron chi connectivity index (χ3n) is 8.48. The van der Waals surface area contributed by atoms with Crippen molar-refractivity contribution in [1.29, 1.82) is 0 Å². The van der Waals surface area contributed by atoms with E-state index >= 15 is 0 Å². The molecule has 0 unspecified atom stereocenters. The largest absolute Gasteiger partial charge is 0.512 e. The summed E-state index contributed by atoms with van der Waals surface area (Å²) in [5.74, 6) is 0.547. The molecule has 4 aromatic rings. The van der Waals surface area contributed by atoms with Crippen LogP contribution in [0.1, 0.15) is 83.9 Å². The molecular weight excluding hydrogens is 671 g/mol. The Labute approximate surface area is 253 Å². The number of hydrogen-bond acceptors (Lipinski definition) is 3. The van der Waals surface area contributed by atoms with Crippen LogP contribution in [-0.4, -0.2) is 15.9 Å². The molecule has 0 amide bonds. The van der Waals surface area contributed by atoms with E-state index in [0.717, 1.165) is 42.5 Å². The smallest absolute Gasteiger partial charge is 0.162 e. The number of allylic oxidation sites excluding steroid dienone is 2. The normalized spacial score (nSPS) is 13.6. The van der Waals surface area contributed by atoms with Crippen LogP contribution in [0.2, 0.25) is 0 Å². The first-order valence-corrected chi connectivity index (χ1v) is 14.5. The minimum atomic E-state index is -0.0664. The Balaban J connectivity index is 0.000000243. The first-order chi connectivity index (χ1) is 18.7. The number of fused-ring (bicyclic) bond motifs is 3. The summed E-state index contributed by atoms with van der Waals surface area (Å²) in [5, 5.41) is 13.5. The van der Waals surface area contributed by atoms with E-state index in [-0.39, 0.29) is 48.9 Å². The number of ketones is 1. The van der Waals surface area contributed by atoms with Gasteiger partial charge in [0.1, 0.15) is 0 Å². The average Bonchev–Trinajstić information content (AvgIpc) is 2.92. The minimum Gasteiger partial charge on any atom is -0.512 e. The minimum absolute atomic E-state index is 0. The monoisotopic (exact) mass is 713 g/mol. The van der Waals surface area contributed by atoms with Crippen molar-refractivity contribution in [2.24, 2.45) is 11.8 Å². The van der Waals surface area contributed by atoms with Gasteiger partial charge in [0.05, 0.1) is 11.3 Å². The fourth-order valence-electron chi connectivity index (χ4n) is 5.85. The van der Waals surface area contributed by atoms with Gasteiger partial charge < -0.3 is 5.11 Å². The summed E-state index contributed by atoms with van der Waals surface area (Å²) in [5.41, 5.74) is 7.13. The van der Waals surface area contributed by atoms with Crippen LogP contribution in [0.15, 0.2) is 66.4 Å². The molecule has 0 atom stereocenters. The maximum absolute atomic E-state index is 11.7. The van der Waals surface area contributed by atoms with E-state index in [1.807, 2.05) is 33.8 Å². The Morgan fingerprint density at radius 2 is 1.60 bits per heavy atom. The molecule has 0 bridgehead atoms. The Hall–Kier alpha value is -2.81. The molecular formula is C36H42IrNO2-. The van der Waals surface area contributed by atoms with Gasteiger partial charge in [0.15, 0.2) is 5.78 Å². The molecule has 40 heavy (non-hydrogen) atoms. The van der Waals surface area contributed by atoms with Crippen LogP contribution < -0.4 is 0 Å². The molecule has 1 N–H and O–H groups in total. The van der Waals surface area contributed by atoms with E-state index in [2.05, 4.69) is 75.4 Å². The van der Waals surface area contributed by atoms with E-state index in [1.165, 1.54) is 38.9 Å². The predicted molar refractivity (Wildman–Crippen MR) is 164 cm³/mol. The molecule has 1 aliphatic carbocycles. The van der Waals surface area contributed by atoms with Gasteiger partial charge in [0.2, 0.25) is 0 Å². The molecule has 0 aliphatic heterocycles. The second-order valence-corrected chi connectivity index (χ2v) is 11.3. The van der Waals surface area contributed by atoms with Crippen LogP contribution >= 0.6 is 0 Å². The number of pyridine rings is 1. The van der Waals surface area contributed by atoms with Gasteiger partial charge in [-0.25, -0.2) is 0 Å². The molecule has 4 heteroatoms. The van der Waals surface area contributed by atoms with E-state index < -0.39 is 0 Å². The number of aliphatic hydroxyl groups excluding tert-OH is 1. The van der Waals surface area contributed by atoms with Crippen LogP contribution in [-0.2, 0) is 30.3 Å². The molecule has 1 aliphatic rings. The van der Waals surface area contributed by atoms with E-state index in [9.17, 15) is 9.90 Å². The molecule has 0 fully saturated rings. The number of hydrogen-bond donors (Lipinski definition) is 1. The number of aromatic nitrogens is 1. The van der Waals surface area contributed by atoms with Crippen molar-refractivity contribution in [3.8, 4) is 11.3 Å². The molecule has 0 spiro atoms. The Morgan fingerprint density at radius 3 is 2.25 bits per heavy atom. The number of aryl methyl sites for hydroxylation is 1. The quantitative estimate of drug-likeness (QED) is 0.118.